The Morgan fingerprint density at radius 3 is 2.40 bits per heavy atom. The number of carbonyl (C=O) groups is 5. The van der Waals surface area contributed by atoms with Gasteiger partial charge in [0.15, 0.2) is 0 Å². The van der Waals surface area contributed by atoms with E-state index in [-0.39, 0.29) is 34.7 Å². The van der Waals surface area contributed by atoms with E-state index in [0.717, 1.165) is 10.9 Å². The Kier molecular flexibility index (Phi) is 5.51. The molecule has 2 aromatic carbocycles. The van der Waals surface area contributed by atoms with Crippen molar-refractivity contribution in [3.8, 4) is 0 Å². The molecule has 3 aliphatic rings. The molecule has 2 aliphatic carbocycles. The van der Waals surface area contributed by atoms with Gasteiger partial charge >= 0.3 is 11.9 Å². The van der Waals surface area contributed by atoms with Gasteiger partial charge in [-0.1, -0.05) is 18.2 Å². The Labute approximate surface area is 254 Å². The van der Waals surface area contributed by atoms with Crippen molar-refractivity contribution in [3.05, 3.63) is 100 Å². The van der Waals surface area contributed by atoms with E-state index < -0.39 is 23.1 Å². The number of anilines is 1. The predicted molar refractivity (Wildman–Crippen MR) is 161 cm³/mol. The lowest BCUT2D eigenvalue weighted by molar-refractivity contribution is 0.0551. The van der Waals surface area contributed by atoms with Crippen molar-refractivity contribution in [2.75, 3.05) is 26.1 Å². The summed E-state index contributed by atoms with van der Waals surface area (Å²) < 4.78 is 9.84. The number of methoxy groups -OCH3 is 2. The number of hydrogen-bond donors (Lipinski definition) is 4. The molecule has 1 saturated heterocycles. The number of nitrogens with one attached hydrogen (secondary N) is 4. The third-order valence-corrected chi connectivity index (χ3v) is 9.12. The van der Waals surface area contributed by atoms with Crippen molar-refractivity contribution < 1.29 is 33.4 Å². The molecule has 12 nitrogen and oxygen atoms in total. The maximum atomic E-state index is 13.9. The number of aromatic amines is 3. The number of esters is 2. The van der Waals surface area contributed by atoms with E-state index in [0.29, 0.717) is 52.2 Å². The number of allylic oxidation sites excluding steroid dienone is 2. The second kappa shape index (κ2) is 9.29. The van der Waals surface area contributed by atoms with Crippen molar-refractivity contribution in [2.24, 2.45) is 5.92 Å². The van der Waals surface area contributed by atoms with Crippen LogP contribution < -0.4 is 5.32 Å². The molecule has 4 N–H and O–H groups in total. The molecule has 45 heavy (non-hydrogen) atoms. The monoisotopic (exact) mass is 603 g/mol. The Hall–Kier alpha value is -5.91. The molecule has 0 radical (unpaired) electrons. The first kappa shape index (κ1) is 26.7. The molecule has 3 aromatic heterocycles. The third-order valence-electron chi connectivity index (χ3n) is 9.12. The van der Waals surface area contributed by atoms with E-state index >= 15 is 0 Å². The van der Waals surface area contributed by atoms with Gasteiger partial charge in [0, 0.05) is 56.8 Å². The minimum Gasteiger partial charge on any atom is -0.465 e. The van der Waals surface area contributed by atoms with Crippen molar-refractivity contribution in [1.29, 1.82) is 0 Å². The summed E-state index contributed by atoms with van der Waals surface area (Å²) >= 11 is 0. The minimum absolute atomic E-state index is 0.0391. The topological polar surface area (TPSA) is 166 Å². The van der Waals surface area contributed by atoms with E-state index in [1.54, 1.807) is 35.2 Å². The highest BCUT2D eigenvalue weighted by Gasteiger charge is 2.69. The number of nitrogens with zero attached hydrogens (tertiary/aromatic N) is 1. The normalized spacial score (nSPS) is 19.5. The number of ketones is 1. The first-order valence-corrected chi connectivity index (χ1v) is 14.3. The van der Waals surface area contributed by atoms with E-state index in [2.05, 4.69) is 20.3 Å². The lowest BCUT2D eigenvalue weighted by Crippen LogP contribution is -2.34. The summed E-state index contributed by atoms with van der Waals surface area (Å²) in [5, 5.41) is 4.54. The fraction of sp³-hybridized carbons (Fsp3) is 0.182. The van der Waals surface area contributed by atoms with Crippen LogP contribution in [0.2, 0.25) is 0 Å². The van der Waals surface area contributed by atoms with Gasteiger partial charge in [0.1, 0.15) is 17.1 Å². The van der Waals surface area contributed by atoms with Crippen LogP contribution in [0.5, 0.6) is 0 Å². The zero-order valence-corrected chi connectivity index (χ0v) is 24.1. The molecule has 1 aliphatic heterocycles. The summed E-state index contributed by atoms with van der Waals surface area (Å²) in [5.74, 6) is -2.71. The zero-order valence-electron chi connectivity index (χ0n) is 24.1. The quantitative estimate of drug-likeness (QED) is 0.217. The smallest absolute Gasteiger partial charge is 0.355 e. The number of likely N-dealkylation sites (tertiary alicyclic amines) is 1. The van der Waals surface area contributed by atoms with Crippen LogP contribution in [0.25, 0.3) is 21.8 Å². The number of H-pyrrole nitrogens is 3. The SMILES string of the molecule is COC(=O)c1[nH]c2c(c1C(=O)OC)[C@@]13C[C@@H]1CN(C(=O)c1cc4cc(NC(=O)c5cc6ccccc6[nH]5)ccc4[nH]1)C3=CC2=O. The number of para-hydroxylation sites is 1. The predicted octanol–water partition coefficient (Wildman–Crippen LogP) is 4.30. The fourth-order valence-corrected chi connectivity index (χ4v) is 7.01. The van der Waals surface area contributed by atoms with Crippen LogP contribution in [0.15, 0.2) is 66.4 Å². The molecule has 2 atom stereocenters. The first-order valence-electron chi connectivity index (χ1n) is 14.3. The van der Waals surface area contributed by atoms with Gasteiger partial charge in [0.25, 0.3) is 11.8 Å². The van der Waals surface area contributed by atoms with E-state index in [4.69, 9.17) is 9.47 Å². The highest BCUT2D eigenvalue weighted by molar-refractivity contribution is 6.14. The molecule has 1 saturated carbocycles. The van der Waals surface area contributed by atoms with Crippen LogP contribution in [-0.2, 0) is 14.9 Å². The van der Waals surface area contributed by atoms with Gasteiger partial charge in [-0.3, -0.25) is 14.4 Å². The Balaban J connectivity index is 1.09. The largest absolute Gasteiger partial charge is 0.465 e. The van der Waals surface area contributed by atoms with Crippen LogP contribution >= 0.6 is 0 Å². The first-order chi connectivity index (χ1) is 21.7. The number of aromatic nitrogens is 3. The van der Waals surface area contributed by atoms with E-state index in [9.17, 15) is 24.0 Å². The standard InChI is InChI=1S/C33H25N5O7/c1-44-31(42)25-26-27(37-28(25)32(43)45-2)23(39)12-24-33(26)13-17(33)14-38(24)30(41)22-11-16-9-18(7-8-20(16)36-22)34-29(40)21-10-15-5-3-4-6-19(15)35-21/h3-12,17,35-37H,13-14H2,1-2H3,(H,34,40)/t17-,33+/m1/s1. The molecule has 1 spiro atoms. The molecule has 0 unspecified atom stereocenters. The highest BCUT2D eigenvalue weighted by Crippen LogP contribution is 2.67. The van der Waals surface area contributed by atoms with E-state index in [1.165, 1.54) is 20.3 Å². The van der Waals surface area contributed by atoms with Gasteiger partial charge in [0.05, 0.1) is 25.5 Å². The molecule has 5 aromatic rings. The lowest BCUT2D eigenvalue weighted by Gasteiger charge is -2.28. The van der Waals surface area contributed by atoms with Gasteiger partial charge in [-0.2, -0.15) is 0 Å². The number of fused-ring (bicyclic) bond motifs is 3. The number of hydrogen-bond acceptors (Lipinski definition) is 7. The second-order valence-corrected chi connectivity index (χ2v) is 11.5. The maximum Gasteiger partial charge on any atom is 0.355 e. The van der Waals surface area contributed by atoms with Gasteiger partial charge in [-0.15, -0.1) is 0 Å². The van der Waals surface area contributed by atoms with E-state index in [1.807, 2.05) is 24.3 Å². The number of ether oxygens (including phenoxy) is 2. The lowest BCUT2D eigenvalue weighted by atomic mass is 9.82. The summed E-state index contributed by atoms with van der Waals surface area (Å²) in [7, 11) is 2.38. The Bertz CT molecular complexity index is 2170. The molecular weight excluding hydrogens is 578 g/mol. The van der Waals surface area contributed by atoms with Crippen molar-refractivity contribution in [3.63, 3.8) is 0 Å². The average Bonchev–Trinajstić information content (AvgIpc) is 3.50. The number of carbonyl (C=O) groups excluding carboxylic acids is 5. The summed E-state index contributed by atoms with van der Waals surface area (Å²) in [6, 6.07) is 16.4. The Morgan fingerprint density at radius 1 is 0.889 bits per heavy atom. The summed E-state index contributed by atoms with van der Waals surface area (Å²) in [6.07, 6.45) is 2.02. The molecule has 8 rings (SSSR count). The molecule has 4 heterocycles. The van der Waals surface area contributed by atoms with Crippen molar-refractivity contribution in [2.45, 2.75) is 11.8 Å². The molecule has 2 fully saturated rings. The zero-order chi connectivity index (χ0) is 31.2. The minimum atomic E-state index is -0.798. The number of rotatable bonds is 5. The average molecular weight is 604 g/mol. The van der Waals surface area contributed by atoms with Crippen molar-refractivity contribution >= 4 is 57.0 Å². The Morgan fingerprint density at radius 2 is 1.62 bits per heavy atom. The number of benzene rings is 2. The van der Waals surface area contributed by atoms with Crippen LogP contribution in [0.4, 0.5) is 5.69 Å². The van der Waals surface area contributed by atoms with Gasteiger partial charge in [0.2, 0.25) is 5.78 Å². The van der Waals surface area contributed by atoms with Gasteiger partial charge in [-0.05, 0) is 48.7 Å². The van der Waals surface area contributed by atoms with Gasteiger partial charge < -0.3 is 34.6 Å². The van der Waals surface area contributed by atoms with Crippen LogP contribution in [0.1, 0.15) is 64.3 Å². The van der Waals surface area contributed by atoms with Crippen molar-refractivity contribution in [1.82, 2.24) is 19.9 Å². The summed E-state index contributed by atoms with van der Waals surface area (Å²) in [5.41, 5.74) is 2.87. The molecule has 0 bridgehead atoms. The summed E-state index contributed by atoms with van der Waals surface area (Å²) in [6.45, 7) is 0.331. The number of amides is 2. The fourth-order valence-electron chi connectivity index (χ4n) is 7.01. The van der Waals surface area contributed by atoms with Crippen LogP contribution in [-0.4, -0.2) is 70.2 Å². The molecule has 2 amide bonds. The van der Waals surface area contributed by atoms with Crippen LogP contribution in [0.3, 0.4) is 0 Å². The van der Waals surface area contributed by atoms with Gasteiger partial charge in [-0.25, -0.2) is 9.59 Å². The maximum absolute atomic E-state index is 13.9. The summed E-state index contributed by atoms with van der Waals surface area (Å²) in [4.78, 5) is 76.2. The molecule has 12 heteroatoms. The van der Waals surface area contributed by atoms with Crippen LogP contribution in [0, 0.1) is 5.92 Å². The number of piperidine rings is 1. The third kappa shape index (κ3) is 3.75. The second-order valence-electron chi connectivity index (χ2n) is 11.5. The molecular formula is C33H25N5O7. The highest BCUT2D eigenvalue weighted by atomic mass is 16.5. The molecule has 224 valence electrons.